The predicted molar refractivity (Wildman–Crippen MR) is 205 cm³/mol. The average Bonchev–Trinajstić information content (AvgIpc) is 3.15. The number of amides is 4. The molecule has 0 bridgehead atoms. The van der Waals surface area contributed by atoms with E-state index in [2.05, 4.69) is 60.5 Å². The van der Waals surface area contributed by atoms with Crippen molar-refractivity contribution in [1.29, 1.82) is 0 Å². The Morgan fingerprint density at radius 3 is 2.00 bits per heavy atom. The van der Waals surface area contributed by atoms with Gasteiger partial charge in [-0.25, -0.2) is 9.69 Å². The summed E-state index contributed by atoms with van der Waals surface area (Å²) in [5.74, 6) is -0.803. The van der Waals surface area contributed by atoms with Crippen LogP contribution in [-0.4, -0.2) is 30.9 Å². The first-order valence-corrected chi connectivity index (χ1v) is 18.1. The zero-order valence-electron chi connectivity index (χ0n) is 29.1. The number of ether oxygens (including phenoxy) is 1. The van der Waals surface area contributed by atoms with E-state index in [-0.39, 0.29) is 17.4 Å². The minimum absolute atomic E-state index is 0.0816. The van der Waals surface area contributed by atoms with E-state index in [0.717, 1.165) is 47.5 Å². The number of urea groups is 1. The van der Waals surface area contributed by atoms with Gasteiger partial charge in [-0.15, -0.1) is 0 Å². The van der Waals surface area contributed by atoms with E-state index >= 15 is 0 Å². The molecule has 3 heterocycles. The zero-order valence-corrected chi connectivity index (χ0v) is 29.8. The SMILES string of the molecule is Cc1ccc(COc2ccc(/C=C3\C(=O)NC(=O)N(c4cc5c6c(c4)[C@H](c4ccccc4)CCN6CC[C@H]5c4ccccc4)C3=O)cc2Cl)cc1C. The molecule has 1 fully saturated rings. The molecular weight excluding hydrogens is 670 g/mol. The van der Waals surface area contributed by atoms with Crippen LogP contribution in [-0.2, 0) is 16.2 Å². The maximum absolute atomic E-state index is 14.3. The van der Waals surface area contributed by atoms with Gasteiger partial charge >= 0.3 is 6.03 Å². The van der Waals surface area contributed by atoms with Gasteiger partial charge in [0.2, 0.25) is 0 Å². The summed E-state index contributed by atoms with van der Waals surface area (Å²) in [5.41, 5.74) is 9.93. The van der Waals surface area contributed by atoms with Gasteiger partial charge in [0.05, 0.1) is 10.7 Å². The summed E-state index contributed by atoms with van der Waals surface area (Å²) in [6, 6.07) is 35.2. The second kappa shape index (κ2) is 13.8. The topological polar surface area (TPSA) is 79.0 Å². The van der Waals surface area contributed by atoms with Crippen molar-refractivity contribution >= 4 is 46.9 Å². The van der Waals surface area contributed by atoms with Crippen LogP contribution >= 0.6 is 11.6 Å². The molecule has 1 saturated heterocycles. The summed E-state index contributed by atoms with van der Waals surface area (Å²) in [4.78, 5) is 44.6. The quantitative estimate of drug-likeness (QED) is 0.135. The summed E-state index contributed by atoms with van der Waals surface area (Å²) >= 11 is 6.63. The van der Waals surface area contributed by atoms with E-state index in [0.29, 0.717) is 28.6 Å². The second-order valence-electron chi connectivity index (χ2n) is 13.8. The van der Waals surface area contributed by atoms with Gasteiger partial charge in [-0.1, -0.05) is 96.5 Å². The third-order valence-electron chi connectivity index (χ3n) is 10.6. The molecule has 8 heteroatoms. The fraction of sp³-hybridized carbons (Fsp3) is 0.205. The number of imide groups is 2. The molecule has 4 amide bonds. The molecule has 5 aromatic carbocycles. The van der Waals surface area contributed by atoms with Crippen LogP contribution < -0.4 is 19.9 Å². The van der Waals surface area contributed by atoms with E-state index in [1.807, 2.05) is 54.6 Å². The fourth-order valence-electron chi connectivity index (χ4n) is 7.81. The standard InChI is InChI=1S/C44H38ClN3O4/c1-27-13-14-30(21-28(27)2)26-52-40-16-15-29(23-39(40)45)22-38-42(49)46-44(51)48(43(38)50)33-24-36-34(31-9-5-3-6-10-31)17-19-47-20-18-35(37(25-33)41(36)47)32-11-7-4-8-12-32/h3-16,21-25,34-35H,17-20,26H2,1-2H3,(H,46,49,51)/b38-22+/t34-,35-/m0/s1. The van der Waals surface area contributed by atoms with E-state index in [1.165, 1.54) is 34.0 Å². The number of nitrogens with zero attached hydrogens (tertiary/aromatic N) is 2. The van der Waals surface area contributed by atoms with Crippen LogP contribution in [0.25, 0.3) is 6.08 Å². The van der Waals surface area contributed by atoms with Crippen LogP contribution in [0.4, 0.5) is 16.2 Å². The number of halogens is 1. The summed E-state index contributed by atoms with van der Waals surface area (Å²) in [7, 11) is 0. The van der Waals surface area contributed by atoms with Crippen LogP contribution in [0.3, 0.4) is 0 Å². The lowest BCUT2D eigenvalue weighted by Gasteiger charge is -2.44. The lowest BCUT2D eigenvalue weighted by Crippen LogP contribution is -2.54. The number of hydrogen-bond acceptors (Lipinski definition) is 5. The molecule has 0 spiro atoms. The van der Waals surface area contributed by atoms with E-state index in [4.69, 9.17) is 16.3 Å². The van der Waals surface area contributed by atoms with Crippen molar-refractivity contribution in [3.05, 3.63) is 164 Å². The Kier molecular flexibility index (Phi) is 8.89. The van der Waals surface area contributed by atoms with Crippen LogP contribution in [0.5, 0.6) is 5.75 Å². The highest BCUT2D eigenvalue weighted by molar-refractivity contribution is 6.39. The number of hydrogen-bond donors (Lipinski definition) is 1. The minimum atomic E-state index is -0.775. The molecule has 0 aromatic heterocycles. The molecule has 8 rings (SSSR count). The molecule has 260 valence electrons. The van der Waals surface area contributed by atoms with Crippen LogP contribution in [0.15, 0.2) is 115 Å². The number of nitrogens with one attached hydrogen (secondary N) is 1. The lowest BCUT2D eigenvalue weighted by atomic mass is 9.76. The fourth-order valence-corrected chi connectivity index (χ4v) is 8.05. The third kappa shape index (κ3) is 6.26. The van der Waals surface area contributed by atoms with Gasteiger partial charge in [0.1, 0.15) is 17.9 Å². The molecule has 3 aliphatic heterocycles. The van der Waals surface area contributed by atoms with Gasteiger partial charge in [-0.2, -0.15) is 0 Å². The maximum Gasteiger partial charge on any atom is 0.335 e. The van der Waals surface area contributed by atoms with E-state index < -0.39 is 17.8 Å². The molecule has 0 radical (unpaired) electrons. The first-order chi connectivity index (χ1) is 25.2. The smallest absolute Gasteiger partial charge is 0.335 e. The van der Waals surface area contributed by atoms with Crippen LogP contribution in [0.2, 0.25) is 5.02 Å². The Balaban J connectivity index is 1.15. The third-order valence-corrected chi connectivity index (χ3v) is 10.9. The van der Waals surface area contributed by atoms with E-state index in [1.54, 1.807) is 18.2 Å². The monoisotopic (exact) mass is 707 g/mol. The predicted octanol–water partition coefficient (Wildman–Crippen LogP) is 9.08. The largest absolute Gasteiger partial charge is 0.487 e. The summed E-state index contributed by atoms with van der Waals surface area (Å²) in [6.45, 7) is 6.31. The number of carbonyl (C=O) groups is 3. The Labute approximate surface area is 308 Å². The van der Waals surface area contributed by atoms with Gasteiger partial charge in [0, 0.05) is 30.6 Å². The maximum atomic E-state index is 14.3. The number of carbonyl (C=O) groups excluding carboxylic acids is 3. The van der Waals surface area contributed by atoms with Crippen molar-refractivity contribution in [2.45, 2.75) is 45.1 Å². The van der Waals surface area contributed by atoms with Gasteiger partial charge in [0.25, 0.3) is 11.8 Å². The highest BCUT2D eigenvalue weighted by atomic mass is 35.5. The first kappa shape index (κ1) is 33.5. The van der Waals surface area contributed by atoms with Crippen LogP contribution in [0, 0.1) is 13.8 Å². The molecule has 0 aliphatic carbocycles. The Morgan fingerprint density at radius 2 is 1.40 bits per heavy atom. The molecule has 7 nitrogen and oxygen atoms in total. The Bertz CT molecular complexity index is 2180. The minimum Gasteiger partial charge on any atom is -0.487 e. The van der Waals surface area contributed by atoms with Gasteiger partial charge in [-0.3, -0.25) is 14.9 Å². The number of rotatable bonds is 7. The van der Waals surface area contributed by atoms with Crippen LogP contribution in [0.1, 0.15) is 69.2 Å². The number of anilines is 2. The molecular formula is C44H38ClN3O4. The summed E-state index contributed by atoms with van der Waals surface area (Å²) < 4.78 is 6.00. The first-order valence-electron chi connectivity index (χ1n) is 17.7. The molecule has 5 aromatic rings. The molecule has 2 atom stereocenters. The lowest BCUT2D eigenvalue weighted by molar-refractivity contribution is -0.122. The van der Waals surface area contributed by atoms with Crippen molar-refractivity contribution in [2.75, 3.05) is 22.9 Å². The molecule has 0 unspecified atom stereocenters. The molecule has 1 N–H and O–H groups in total. The van der Waals surface area contributed by atoms with Crippen molar-refractivity contribution in [1.82, 2.24) is 5.32 Å². The average molecular weight is 708 g/mol. The normalized spacial score (nSPS) is 19.1. The Morgan fingerprint density at radius 1 is 0.769 bits per heavy atom. The molecule has 3 aliphatic rings. The molecule has 52 heavy (non-hydrogen) atoms. The summed E-state index contributed by atoms with van der Waals surface area (Å²) in [6.07, 6.45) is 3.29. The molecule has 0 saturated carbocycles. The zero-order chi connectivity index (χ0) is 35.9. The van der Waals surface area contributed by atoms with Gasteiger partial charge in [0.15, 0.2) is 0 Å². The van der Waals surface area contributed by atoms with Gasteiger partial charge in [-0.05, 0) is 102 Å². The number of barbiturate groups is 1. The highest BCUT2D eigenvalue weighted by Gasteiger charge is 2.40. The van der Waals surface area contributed by atoms with Crippen molar-refractivity contribution in [3.8, 4) is 5.75 Å². The van der Waals surface area contributed by atoms with Crippen molar-refractivity contribution < 1.29 is 19.1 Å². The van der Waals surface area contributed by atoms with Crippen molar-refractivity contribution in [3.63, 3.8) is 0 Å². The van der Waals surface area contributed by atoms with E-state index in [9.17, 15) is 14.4 Å². The number of benzene rings is 5. The summed E-state index contributed by atoms with van der Waals surface area (Å²) in [5, 5.41) is 2.76. The Hall–Kier alpha value is -5.66. The van der Waals surface area contributed by atoms with Crippen molar-refractivity contribution in [2.24, 2.45) is 0 Å². The second-order valence-corrected chi connectivity index (χ2v) is 14.2. The highest BCUT2D eigenvalue weighted by Crippen LogP contribution is 2.50. The number of aryl methyl sites for hydroxylation is 2. The van der Waals surface area contributed by atoms with Gasteiger partial charge < -0.3 is 9.64 Å².